The van der Waals surface area contributed by atoms with Gasteiger partial charge in [0.15, 0.2) is 5.78 Å². The van der Waals surface area contributed by atoms with Gasteiger partial charge in [-0.25, -0.2) is 0 Å². The van der Waals surface area contributed by atoms with Crippen LogP contribution in [0.3, 0.4) is 0 Å². The summed E-state index contributed by atoms with van der Waals surface area (Å²) >= 11 is 0. The third-order valence-electron chi connectivity index (χ3n) is 5.76. The molecule has 1 aliphatic heterocycles. The van der Waals surface area contributed by atoms with Crippen molar-refractivity contribution in [2.24, 2.45) is 5.92 Å². The number of ether oxygens (including phenoxy) is 1. The van der Waals surface area contributed by atoms with Crippen molar-refractivity contribution in [2.75, 3.05) is 0 Å². The zero-order valence-electron chi connectivity index (χ0n) is 15.1. The Morgan fingerprint density at radius 2 is 1.96 bits per heavy atom. The van der Waals surface area contributed by atoms with Crippen molar-refractivity contribution in [3.05, 3.63) is 34.9 Å². The highest BCUT2D eigenvalue weighted by molar-refractivity contribution is 5.98. The number of hydrogen-bond donors (Lipinski definition) is 0. The summed E-state index contributed by atoms with van der Waals surface area (Å²) in [5.41, 5.74) is 2.20. The second-order valence-electron chi connectivity index (χ2n) is 7.62. The number of cyclic esters (lactones) is 1. The van der Waals surface area contributed by atoms with Gasteiger partial charge in [0.1, 0.15) is 17.8 Å². The molecule has 2 fully saturated rings. The summed E-state index contributed by atoms with van der Waals surface area (Å²) in [5.74, 6) is -0.00547. The van der Waals surface area contributed by atoms with Gasteiger partial charge in [-0.15, -0.1) is 0 Å². The molecule has 1 unspecified atom stereocenters. The summed E-state index contributed by atoms with van der Waals surface area (Å²) in [7, 11) is 0. The van der Waals surface area contributed by atoms with E-state index in [-0.39, 0.29) is 24.0 Å². The number of Topliss-reactive ketones (excluding diaryl/α,β-unsaturated/α-hetero) is 2. The summed E-state index contributed by atoms with van der Waals surface area (Å²) in [6.07, 6.45) is 6.04. The van der Waals surface area contributed by atoms with Crippen LogP contribution < -0.4 is 0 Å². The van der Waals surface area contributed by atoms with E-state index < -0.39 is 5.60 Å². The van der Waals surface area contributed by atoms with E-state index in [1.54, 1.807) is 6.92 Å². The second kappa shape index (κ2) is 7.11. The molecule has 1 heterocycles. The molecule has 134 valence electrons. The molecule has 0 bridgehead atoms. The maximum absolute atomic E-state index is 12.1. The molecule has 1 aromatic carbocycles. The first-order valence-electron chi connectivity index (χ1n) is 9.24. The van der Waals surface area contributed by atoms with Crippen LogP contribution in [-0.2, 0) is 20.7 Å². The minimum atomic E-state index is -0.629. The van der Waals surface area contributed by atoms with E-state index in [1.807, 2.05) is 25.1 Å². The third kappa shape index (κ3) is 3.83. The summed E-state index contributed by atoms with van der Waals surface area (Å²) < 4.78 is 5.83. The highest BCUT2D eigenvalue weighted by atomic mass is 16.6. The first-order valence-corrected chi connectivity index (χ1v) is 9.24. The summed E-state index contributed by atoms with van der Waals surface area (Å²) in [6, 6.07) is 5.87. The number of esters is 1. The van der Waals surface area contributed by atoms with Crippen LogP contribution in [0.4, 0.5) is 0 Å². The van der Waals surface area contributed by atoms with Crippen LogP contribution in [0.1, 0.15) is 73.4 Å². The molecule has 0 aromatic heterocycles. The van der Waals surface area contributed by atoms with E-state index in [0.29, 0.717) is 18.8 Å². The Morgan fingerprint density at radius 3 is 2.56 bits per heavy atom. The van der Waals surface area contributed by atoms with Crippen molar-refractivity contribution >= 4 is 17.5 Å². The fourth-order valence-corrected chi connectivity index (χ4v) is 4.51. The monoisotopic (exact) mass is 342 g/mol. The molecule has 25 heavy (non-hydrogen) atoms. The molecule has 0 amide bonds. The van der Waals surface area contributed by atoms with E-state index in [2.05, 4.69) is 0 Å². The van der Waals surface area contributed by atoms with Crippen molar-refractivity contribution in [3.63, 3.8) is 0 Å². The van der Waals surface area contributed by atoms with Gasteiger partial charge < -0.3 is 4.74 Å². The Balaban J connectivity index is 1.79. The maximum atomic E-state index is 12.1. The average molecular weight is 342 g/mol. The van der Waals surface area contributed by atoms with Crippen LogP contribution in [0, 0.1) is 12.8 Å². The van der Waals surface area contributed by atoms with Gasteiger partial charge in [-0.2, -0.15) is 0 Å². The molecule has 0 spiro atoms. The van der Waals surface area contributed by atoms with E-state index in [1.165, 1.54) is 0 Å². The first kappa shape index (κ1) is 17.8. The van der Waals surface area contributed by atoms with Gasteiger partial charge in [0.25, 0.3) is 0 Å². The van der Waals surface area contributed by atoms with E-state index >= 15 is 0 Å². The zero-order valence-corrected chi connectivity index (χ0v) is 15.1. The number of ketones is 2. The average Bonchev–Trinajstić information content (AvgIpc) is 3.07. The van der Waals surface area contributed by atoms with E-state index in [0.717, 1.165) is 48.8 Å². The Kier molecular flexibility index (Phi) is 5.07. The fraction of sp³-hybridized carbons (Fsp3) is 0.571. The predicted molar refractivity (Wildman–Crippen MR) is 94.5 cm³/mol. The van der Waals surface area contributed by atoms with Crippen molar-refractivity contribution < 1.29 is 19.1 Å². The van der Waals surface area contributed by atoms with Gasteiger partial charge >= 0.3 is 5.97 Å². The van der Waals surface area contributed by atoms with Crippen LogP contribution in [0.25, 0.3) is 0 Å². The zero-order chi connectivity index (χ0) is 18.0. The molecular formula is C21H26O4. The standard InChI is InChI=1S/C21H26O4/c1-14-11-16(7-8-19(14)15(2)22)9-10-21(17-5-3-4-6-17)13-18(23)12-20(24)25-21/h7-8,11,17H,3-6,9-10,12-13H2,1-2H3. The van der Waals surface area contributed by atoms with Crippen molar-refractivity contribution in [1.82, 2.24) is 0 Å². The van der Waals surface area contributed by atoms with Crippen LogP contribution >= 0.6 is 0 Å². The number of rotatable bonds is 5. The number of aryl methyl sites for hydroxylation is 2. The van der Waals surface area contributed by atoms with Crippen molar-refractivity contribution in [2.45, 2.75) is 70.8 Å². The molecule has 1 atom stereocenters. The van der Waals surface area contributed by atoms with Crippen molar-refractivity contribution in [3.8, 4) is 0 Å². The Hall–Kier alpha value is -1.97. The lowest BCUT2D eigenvalue weighted by Gasteiger charge is -2.41. The summed E-state index contributed by atoms with van der Waals surface area (Å²) in [6.45, 7) is 3.52. The van der Waals surface area contributed by atoms with Crippen LogP contribution in [0.5, 0.6) is 0 Å². The van der Waals surface area contributed by atoms with Gasteiger partial charge in [-0.3, -0.25) is 14.4 Å². The SMILES string of the molecule is CC(=O)c1ccc(CCC2(C3CCCC3)CC(=O)CC(=O)O2)cc1C. The highest BCUT2D eigenvalue weighted by Gasteiger charge is 2.47. The topological polar surface area (TPSA) is 60.4 Å². The predicted octanol–water partition coefficient (Wildman–Crippen LogP) is 3.97. The molecule has 1 saturated carbocycles. The van der Waals surface area contributed by atoms with E-state index in [4.69, 9.17) is 4.74 Å². The lowest BCUT2D eigenvalue weighted by atomic mass is 9.76. The Labute approximate surface area is 148 Å². The molecule has 4 heteroatoms. The summed E-state index contributed by atoms with van der Waals surface area (Å²) in [4.78, 5) is 35.6. The van der Waals surface area contributed by atoms with Gasteiger partial charge in [-0.1, -0.05) is 31.0 Å². The first-order chi connectivity index (χ1) is 11.9. The molecule has 0 radical (unpaired) electrons. The Morgan fingerprint density at radius 1 is 1.24 bits per heavy atom. The van der Waals surface area contributed by atoms with E-state index in [9.17, 15) is 14.4 Å². The maximum Gasteiger partial charge on any atom is 0.313 e. The van der Waals surface area contributed by atoms with Crippen molar-refractivity contribution in [1.29, 1.82) is 0 Å². The molecule has 1 saturated heterocycles. The number of benzene rings is 1. The normalized spacial score (nSPS) is 24.4. The van der Waals surface area contributed by atoms with Crippen LogP contribution in [-0.4, -0.2) is 23.1 Å². The highest BCUT2D eigenvalue weighted by Crippen LogP contribution is 2.43. The number of carbonyl (C=O) groups excluding carboxylic acids is 3. The number of hydrogen-bond acceptors (Lipinski definition) is 4. The largest absolute Gasteiger partial charge is 0.458 e. The molecule has 4 nitrogen and oxygen atoms in total. The molecule has 0 N–H and O–H groups in total. The summed E-state index contributed by atoms with van der Waals surface area (Å²) in [5, 5.41) is 0. The minimum absolute atomic E-state index is 0.00579. The third-order valence-corrected chi connectivity index (χ3v) is 5.76. The second-order valence-corrected chi connectivity index (χ2v) is 7.62. The minimum Gasteiger partial charge on any atom is -0.458 e. The quantitative estimate of drug-likeness (QED) is 0.461. The lowest BCUT2D eigenvalue weighted by molar-refractivity contribution is -0.178. The number of carbonyl (C=O) groups is 3. The molecule has 1 aliphatic carbocycles. The molecular weight excluding hydrogens is 316 g/mol. The molecule has 3 rings (SSSR count). The lowest BCUT2D eigenvalue weighted by Crippen LogP contribution is -2.48. The van der Waals surface area contributed by atoms with Gasteiger partial charge in [0, 0.05) is 12.0 Å². The molecule has 2 aliphatic rings. The smallest absolute Gasteiger partial charge is 0.313 e. The van der Waals surface area contributed by atoms with Crippen LogP contribution in [0.15, 0.2) is 18.2 Å². The van der Waals surface area contributed by atoms with Gasteiger partial charge in [0.2, 0.25) is 0 Å². The fourth-order valence-electron chi connectivity index (χ4n) is 4.51. The van der Waals surface area contributed by atoms with Crippen LogP contribution in [0.2, 0.25) is 0 Å². The van der Waals surface area contributed by atoms with Gasteiger partial charge in [0.05, 0.1) is 0 Å². The Bertz CT molecular complexity index is 682. The molecule has 1 aromatic rings. The van der Waals surface area contributed by atoms with Gasteiger partial charge in [-0.05, 0) is 56.6 Å².